The Hall–Kier alpha value is -0.0800. The number of hydrogen-bond acceptors (Lipinski definition) is 2. The Labute approximate surface area is 52.3 Å². The van der Waals surface area contributed by atoms with Crippen LogP contribution in [0.1, 0.15) is 6.92 Å². The highest BCUT2D eigenvalue weighted by molar-refractivity contribution is 4.71. The second kappa shape index (κ2) is 2.46. The van der Waals surface area contributed by atoms with Crippen LogP contribution in [0.15, 0.2) is 0 Å². The van der Waals surface area contributed by atoms with E-state index in [9.17, 15) is 0 Å². The highest BCUT2D eigenvalue weighted by atomic mass is 15.2. The normalized spacial score (nSPS) is 37.2. The number of piperazine rings is 1. The molecule has 1 aliphatic heterocycles. The fraction of sp³-hybridized carbons (Fsp3) is 1.00. The van der Waals surface area contributed by atoms with Gasteiger partial charge in [0.2, 0.25) is 0 Å². The fourth-order valence-corrected chi connectivity index (χ4v) is 0.866. The predicted molar refractivity (Wildman–Crippen MR) is 35.0 cm³/mol. The molecule has 1 saturated heterocycles. The van der Waals surface area contributed by atoms with Crippen LogP contribution in [0, 0.1) is 0 Å². The maximum Gasteiger partial charge on any atom is 0.122 e. The first-order chi connectivity index (χ1) is 4.20. The van der Waals surface area contributed by atoms with Crippen LogP contribution >= 0.6 is 0 Å². The molecule has 0 amide bonds. The Morgan fingerprint density at radius 1 is 1.88 bits per heavy atom. The van der Waals surface area contributed by atoms with E-state index in [-0.39, 0.29) is 0 Å². The van der Waals surface area contributed by atoms with Gasteiger partial charge in [-0.1, -0.05) is 0 Å². The lowest BCUT2D eigenvalue weighted by Gasteiger charge is -2.29. The van der Waals surface area contributed by atoms with Gasteiger partial charge in [0, 0.05) is 25.7 Å². The summed E-state index contributed by atoms with van der Waals surface area (Å²) in [5, 5.41) is 1.63. The second-order valence-electron chi connectivity index (χ2n) is 2.46. The van der Waals surface area contributed by atoms with E-state index in [0.717, 1.165) is 19.6 Å². The van der Waals surface area contributed by atoms with Gasteiger partial charge in [0.15, 0.2) is 0 Å². The summed E-state index contributed by atoms with van der Waals surface area (Å²) in [6.45, 7) is 4.96. The summed E-state index contributed by atoms with van der Waals surface area (Å²) in [7, 11) is 2.11. The van der Waals surface area contributed by atoms with Gasteiger partial charge in [-0.15, -0.1) is 0 Å². The fourth-order valence-electron chi connectivity index (χ4n) is 0.866. The van der Waals surface area contributed by atoms with E-state index in [0.29, 0.717) is 6.04 Å². The first-order valence-corrected chi connectivity index (χ1v) is 3.14. The van der Waals surface area contributed by atoms with Crippen molar-refractivity contribution in [2.24, 2.45) is 0 Å². The maximum atomic E-state index is 7.30. The van der Waals surface area contributed by atoms with Crippen molar-refractivity contribution in [2.45, 2.75) is 13.0 Å². The van der Waals surface area contributed by atoms with Crippen LogP contribution in [0.25, 0.3) is 0 Å². The molecule has 0 spiro atoms. The Morgan fingerprint density at radius 2 is 2.62 bits per heavy atom. The van der Waals surface area contributed by atoms with Crippen molar-refractivity contribution in [3.05, 3.63) is 0 Å². The topological polar surface area (TPSA) is 15.3 Å². The SMILES string of the molecule is [2H]N1CCN(C)C(C)C1. The van der Waals surface area contributed by atoms with Gasteiger partial charge in [-0.25, -0.2) is 0 Å². The second-order valence-corrected chi connectivity index (χ2v) is 2.46. The molecule has 0 aliphatic carbocycles. The summed E-state index contributed by atoms with van der Waals surface area (Å²) in [5.41, 5.74) is 0. The summed E-state index contributed by atoms with van der Waals surface area (Å²) < 4.78 is 7.30. The van der Waals surface area contributed by atoms with E-state index in [2.05, 4.69) is 18.9 Å². The van der Waals surface area contributed by atoms with Gasteiger partial charge in [-0.3, -0.25) is 0 Å². The predicted octanol–water partition coefficient (Wildman–Crippen LogP) is -0.0901. The third-order valence-electron chi connectivity index (χ3n) is 1.76. The molecule has 0 bridgehead atoms. The molecule has 1 fully saturated rings. The third-order valence-corrected chi connectivity index (χ3v) is 1.76. The number of hydrogen-bond donors (Lipinski definition) is 1. The minimum atomic E-state index is 0.552. The van der Waals surface area contributed by atoms with Crippen molar-refractivity contribution < 1.29 is 1.41 Å². The number of rotatable bonds is 0. The highest BCUT2D eigenvalue weighted by Crippen LogP contribution is 1.95. The van der Waals surface area contributed by atoms with Crippen LogP contribution in [-0.2, 0) is 0 Å². The molecule has 48 valence electrons. The molecule has 1 atom stereocenters. The monoisotopic (exact) mass is 115 g/mol. The molecule has 0 aromatic heterocycles. The van der Waals surface area contributed by atoms with Gasteiger partial charge in [0.05, 0.1) is 0 Å². The summed E-state index contributed by atoms with van der Waals surface area (Å²) in [6.07, 6.45) is 0. The maximum absolute atomic E-state index is 7.30. The van der Waals surface area contributed by atoms with E-state index < -0.39 is 0 Å². The Bertz CT molecular complexity index is 97.1. The minimum Gasteiger partial charge on any atom is -0.314 e. The van der Waals surface area contributed by atoms with E-state index in [1.807, 2.05) is 0 Å². The molecule has 2 heteroatoms. The molecule has 0 radical (unpaired) electrons. The first-order valence-electron chi connectivity index (χ1n) is 3.59. The van der Waals surface area contributed by atoms with Crippen LogP contribution in [0.2, 0.25) is 1.41 Å². The third kappa shape index (κ3) is 1.20. The molecule has 1 aliphatic rings. The highest BCUT2D eigenvalue weighted by Gasteiger charge is 2.11. The quantitative estimate of drug-likeness (QED) is 0.474. The van der Waals surface area contributed by atoms with Crippen LogP contribution in [-0.4, -0.2) is 37.6 Å². The Morgan fingerprint density at radius 3 is 3.12 bits per heavy atom. The van der Waals surface area contributed by atoms with Gasteiger partial charge < -0.3 is 10.2 Å². The molecule has 0 aromatic carbocycles. The Kier molecular flexibility index (Phi) is 1.47. The zero-order valence-corrected chi connectivity index (χ0v) is 5.59. The van der Waals surface area contributed by atoms with Gasteiger partial charge in [0.1, 0.15) is 1.41 Å². The summed E-state index contributed by atoms with van der Waals surface area (Å²) >= 11 is 0. The molecule has 1 N–H and O–H groups in total. The first kappa shape index (κ1) is 4.77. The van der Waals surface area contributed by atoms with Crippen molar-refractivity contribution in [1.82, 2.24) is 10.2 Å². The Balaban J connectivity index is 2.35. The zero-order chi connectivity index (χ0) is 6.85. The molecule has 1 heterocycles. The molecule has 0 aromatic rings. The van der Waals surface area contributed by atoms with Gasteiger partial charge in [-0.05, 0) is 14.0 Å². The smallest absolute Gasteiger partial charge is 0.122 e. The summed E-state index contributed by atoms with van der Waals surface area (Å²) in [5.74, 6) is 0. The van der Waals surface area contributed by atoms with Crippen LogP contribution in [0.4, 0.5) is 0 Å². The standard InChI is InChI=1S/C6H14N2/c1-6-5-7-3-4-8(6)2/h6-7H,3-5H2,1-2H3/i/hD. The summed E-state index contributed by atoms with van der Waals surface area (Å²) in [6, 6.07) is 0.552. The zero-order valence-electron chi connectivity index (χ0n) is 6.59. The van der Waals surface area contributed by atoms with Crippen molar-refractivity contribution in [3.63, 3.8) is 0 Å². The summed E-state index contributed by atoms with van der Waals surface area (Å²) in [4.78, 5) is 2.28. The minimum absolute atomic E-state index is 0.552. The van der Waals surface area contributed by atoms with Crippen molar-refractivity contribution in [2.75, 3.05) is 26.7 Å². The van der Waals surface area contributed by atoms with Crippen LogP contribution < -0.4 is 5.31 Å². The largest absolute Gasteiger partial charge is 0.314 e. The lowest BCUT2D eigenvalue weighted by molar-refractivity contribution is 0.215. The molecule has 2 nitrogen and oxygen atoms in total. The van der Waals surface area contributed by atoms with E-state index in [4.69, 9.17) is 1.41 Å². The molecule has 0 saturated carbocycles. The molecular weight excluding hydrogens is 100 g/mol. The van der Waals surface area contributed by atoms with Gasteiger partial charge >= 0.3 is 0 Å². The van der Waals surface area contributed by atoms with Crippen LogP contribution in [0.5, 0.6) is 0 Å². The van der Waals surface area contributed by atoms with E-state index in [1.54, 1.807) is 5.31 Å². The van der Waals surface area contributed by atoms with Crippen LogP contribution in [0.3, 0.4) is 0 Å². The van der Waals surface area contributed by atoms with Crippen molar-refractivity contribution >= 4 is 0 Å². The molecule has 1 rings (SSSR count). The molecule has 1 unspecified atom stereocenters. The average Bonchev–Trinajstić information content (AvgIpc) is 1.80. The lowest BCUT2D eigenvalue weighted by Crippen LogP contribution is -2.47. The van der Waals surface area contributed by atoms with Gasteiger partial charge in [-0.2, -0.15) is 0 Å². The number of nitrogens with one attached hydrogen (secondary N) is 1. The van der Waals surface area contributed by atoms with Crippen molar-refractivity contribution in [1.29, 1.82) is 0 Å². The lowest BCUT2D eigenvalue weighted by atomic mass is 10.2. The molecule has 8 heavy (non-hydrogen) atoms. The van der Waals surface area contributed by atoms with E-state index >= 15 is 0 Å². The number of likely N-dealkylation sites (N-methyl/N-ethyl adjacent to an activating group) is 1. The number of nitrogens with zero attached hydrogens (tertiary/aromatic N) is 1. The average molecular weight is 115 g/mol. The van der Waals surface area contributed by atoms with Crippen molar-refractivity contribution in [3.8, 4) is 0 Å². The molecular formula is C6H14N2. The van der Waals surface area contributed by atoms with Gasteiger partial charge in [0.25, 0.3) is 0 Å². The van der Waals surface area contributed by atoms with E-state index in [1.165, 1.54) is 0 Å².